The molecule has 0 amide bonds. The summed E-state index contributed by atoms with van der Waals surface area (Å²) in [6, 6.07) is 10.4. The first kappa shape index (κ1) is 13.5. The van der Waals surface area contributed by atoms with Gasteiger partial charge in [-0.2, -0.15) is 0 Å². The Morgan fingerprint density at radius 2 is 2.05 bits per heavy atom. The predicted octanol–water partition coefficient (Wildman–Crippen LogP) is 3.11. The summed E-state index contributed by atoms with van der Waals surface area (Å²) in [7, 11) is 1.79. The van der Waals surface area contributed by atoms with Crippen LogP contribution in [0.15, 0.2) is 30.3 Å². The molecule has 1 heterocycles. The fraction of sp³-hybridized carbons (Fsp3) is 0.467. The van der Waals surface area contributed by atoms with E-state index in [2.05, 4.69) is 39.8 Å². The largest absolute Gasteiger partial charge is 0.376 e. The zero-order chi connectivity index (χ0) is 13.8. The van der Waals surface area contributed by atoms with Crippen LogP contribution in [0.3, 0.4) is 0 Å². The SMILES string of the molecule is COC1(CNc2nnc(Cc3ccccc3)s2)CCC1. The molecule has 0 radical (unpaired) electrons. The Labute approximate surface area is 123 Å². The molecule has 0 atom stereocenters. The second kappa shape index (κ2) is 5.89. The third-order valence-corrected chi connectivity index (χ3v) is 4.81. The Bertz CT molecular complexity index is 546. The van der Waals surface area contributed by atoms with Crippen LogP contribution in [-0.2, 0) is 11.2 Å². The van der Waals surface area contributed by atoms with E-state index in [9.17, 15) is 0 Å². The molecule has 0 spiro atoms. The van der Waals surface area contributed by atoms with Crippen LogP contribution in [0.1, 0.15) is 29.8 Å². The molecule has 2 aromatic rings. The van der Waals surface area contributed by atoms with Gasteiger partial charge in [0.1, 0.15) is 5.01 Å². The van der Waals surface area contributed by atoms with E-state index in [-0.39, 0.29) is 5.60 Å². The number of benzene rings is 1. The van der Waals surface area contributed by atoms with Crippen LogP contribution in [-0.4, -0.2) is 29.5 Å². The molecule has 0 unspecified atom stereocenters. The normalized spacial score (nSPS) is 16.6. The highest BCUT2D eigenvalue weighted by Gasteiger charge is 2.36. The molecule has 1 aromatic heterocycles. The van der Waals surface area contributed by atoms with Gasteiger partial charge in [0.05, 0.1) is 5.60 Å². The molecule has 0 bridgehead atoms. The first-order chi connectivity index (χ1) is 9.80. The van der Waals surface area contributed by atoms with E-state index >= 15 is 0 Å². The average molecular weight is 289 g/mol. The molecular weight excluding hydrogens is 270 g/mol. The summed E-state index contributed by atoms with van der Waals surface area (Å²) in [4.78, 5) is 0. The second-order valence-electron chi connectivity index (χ2n) is 5.26. The van der Waals surface area contributed by atoms with E-state index < -0.39 is 0 Å². The van der Waals surface area contributed by atoms with E-state index in [1.54, 1.807) is 18.4 Å². The minimum Gasteiger partial charge on any atom is -0.376 e. The topological polar surface area (TPSA) is 47.0 Å². The fourth-order valence-corrected chi connectivity index (χ4v) is 3.20. The van der Waals surface area contributed by atoms with Crippen molar-refractivity contribution in [3.63, 3.8) is 0 Å². The number of nitrogens with one attached hydrogen (secondary N) is 1. The van der Waals surface area contributed by atoms with Gasteiger partial charge in [-0.3, -0.25) is 0 Å². The number of anilines is 1. The smallest absolute Gasteiger partial charge is 0.205 e. The number of nitrogens with zero attached hydrogens (tertiary/aromatic N) is 2. The van der Waals surface area contributed by atoms with Crippen molar-refractivity contribution in [2.75, 3.05) is 19.0 Å². The Hall–Kier alpha value is -1.46. The monoisotopic (exact) mass is 289 g/mol. The summed E-state index contributed by atoms with van der Waals surface area (Å²) in [5, 5.41) is 13.8. The Morgan fingerprint density at radius 1 is 1.25 bits per heavy atom. The van der Waals surface area contributed by atoms with E-state index in [1.165, 1.54) is 12.0 Å². The molecule has 0 saturated heterocycles. The fourth-order valence-electron chi connectivity index (χ4n) is 2.43. The van der Waals surface area contributed by atoms with Crippen molar-refractivity contribution in [3.05, 3.63) is 40.9 Å². The van der Waals surface area contributed by atoms with Gasteiger partial charge >= 0.3 is 0 Å². The predicted molar refractivity (Wildman–Crippen MR) is 81.2 cm³/mol. The first-order valence-electron chi connectivity index (χ1n) is 6.95. The molecule has 1 aliphatic carbocycles. The lowest BCUT2D eigenvalue weighted by atomic mass is 9.80. The number of hydrogen-bond donors (Lipinski definition) is 1. The molecule has 1 aliphatic rings. The van der Waals surface area contributed by atoms with Crippen LogP contribution in [0.4, 0.5) is 5.13 Å². The highest BCUT2D eigenvalue weighted by Crippen LogP contribution is 2.35. The third-order valence-electron chi connectivity index (χ3n) is 3.92. The van der Waals surface area contributed by atoms with Crippen LogP contribution >= 0.6 is 11.3 Å². The summed E-state index contributed by atoms with van der Waals surface area (Å²) < 4.78 is 5.59. The van der Waals surface area contributed by atoms with Crippen LogP contribution < -0.4 is 5.32 Å². The van der Waals surface area contributed by atoms with Gasteiger partial charge < -0.3 is 10.1 Å². The maximum Gasteiger partial charge on any atom is 0.205 e. The van der Waals surface area contributed by atoms with Crippen molar-refractivity contribution >= 4 is 16.5 Å². The minimum absolute atomic E-state index is 0.0191. The van der Waals surface area contributed by atoms with Crippen LogP contribution in [0.2, 0.25) is 0 Å². The van der Waals surface area contributed by atoms with E-state index in [0.29, 0.717) is 0 Å². The van der Waals surface area contributed by atoms with Crippen molar-refractivity contribution in [1.82, 2.24) is 10.2 Å². The van der Waals surface area contributed by atoms with Crippen molar-refractivity contribution in [3.8, 4) is 0 Å². The highest BCUT2D eigenvalue weighted by atomic mass is 32.1. The van der Waals surface area contributed by atoms with Gasteiger partial charge in [-0.15, -0.1) is 10.2 Å². The van der Waals surface area contributed by atoms with Crippen molar-refractivity contribution < 1.29 is 4.74 Å². The second-order valence-corrected chi connectivity index (χ2v) is 6.32. The molecule has 1 saturated carbocycles. The molecule has 1 N–H and O–H groups in total. The van der Waals surface area contributed by atoms with Gasteiger partial charge in [0.2, 0.25) is 5.13 Å². The number of hydrogen-bond acceptors (Lipinski definition) is 5. The summed E-state index contributed by atoms with van der Waals surface area (Å²) in [6.45, 7) is 0.823. The maximum atomic E-state index is 5.59. The zero-order valence-corrected chi connectivity index (χ0v) is 12.4. The van der Waals surface area contributed by atoms with E-state index in [1.807, 2.05) is 6.07 Å². The number of aromatic nitrogens is 2. The molecule has 20 heavy (non-hydrogen) atoms. The Kier molecular flexibility index (Phi) is 3.98. The van der Waals surface area contributed by atoms with E-state index in [4.69, 9.17) is 4.74 Å². The average Bonchev–Trinajstić information content (AvgIpc) is 2.87. The molecule has 1 aromatic carbocycles. The standard InChI is InChI=1S/C15H19N3OS/c1-19-15(8-5-9-15)11-16-14-18-17-13(20-14)10-12-6-3-2-4-7-12/h2-4,6-7H,5,8-11H2,1H3,(H,16,18). The van der Waals surface area contributed by atoms with Crippen LogP contribution in [0.25, 0.3) is 0 Å². The number of rotatable bonds is 6. The molecule has 3 rings (SSSR count). The number of methoxy groups -OCH3 is 1. The van der Waals surface area contributed by atoms with Gasteiger partial charge in [-0.1, -0.05) is 41.7 Å². The number of ether oxygens (including phenoxy) is 1. The summed E-state index contributed by atoms with van der Waals surface area (Å²) in [6.07, 6.45) is 4.36. The van der Waals surface area contributed by atoms with Gasteiger partial charge in [0.15, 0.2) is 0 Å². The maximum absolute atomic E-state index is 5.59. The quantitative estimate of drug-likeness (QED) is 0.887. The van der Waals surface area contributed by atoms with Gasteiger partial charge in [-0.05, 0) is 24.8 Å². The van der Waals surface area contributed by atoms with Crippen molar-refractivity contribution in [1.29, 1.82) is 0 Å². The Morgan fingerprint density at radius 3 is 2.70 bits per heavy atom. The summed E-state index contributed by atoms with van der Waals surface area (Å²) in [5.74, 6) is 0. The zero-order valence-electron chi connectivity index (χ0n) is 11.6. The molecule has 106 valence electrons. The first-order valence-corrected chi connectivity index (χ1v) is 7.77. The summed E-state index contributed by atoms with van der Waals surface area (Å²) >= 11 is 1.62. The lowest BCUT2D eigenvalue weighted by Crippen LogP contribution is -2.45. The van der Waals surface area contributed by atoms with Crippen molar-refractivity contribution in [2.24, 2.45) is 0 Å². The summed E-state index contributed by atoms with van der Waals surface area (Å²) in [5.41, 5.74) is 1.29. The third kappa shape index (κ3) is 2.99. The molecule has 1 fully saturated rings. The van der Waals surface area contributed by atoms with Gasteiger partial charge in [0.25, 0.3) is 0 Å². The highest BCUT2D eigenvalue weighted by molar-refractivity contribution is 7.15. The minimum atomic E-state index is 0.0191. The molecule has 4 nitrogen and oxygen atoms in total. The lowest BCUT2D eigenvalue weighted by Gasteiger charge is -2.40. The van der Waals surface area contributed by atoms with Gasteiger partial charge in [0, 0.05) is 20.1 Å². The van der Waals surface area contributed by atoms with E-state index in [0.717, 1.165) is 35.9 Å². The Balaban J connectivity index is 1.57. The van der Waals surface area contributed by atoms with Crippen molar-refractivity contribution in [2.45, 2.75) is 31.3 Å². The lowest BCUT2D eigenvalue weighted by molar-refractivity contribution is -0.0601. The molecule has 5 heteroatoms. The molecular formula is C15H19N3OS. The van der Waals surface area contributed by atoms with Crippen LogP contribution in [0, 0.1) is 0 Å². The van der Waals surface area contributed by atoms with Gasteiger partial charge in [-0.25, -0.2) is 0 Å². The molecule has 0 aliphatic heterocycles. The van der Waals surface area contributed by atoms with Crippen LogP contribution in [0.5, 0.6) is 0 Å².